The van der Waals surface area contributed by atoms with E-state index in [1.54, 1.807) is 19.1 Å². The van der Waals surface area contributed by atoms with Gasteiger partial charge in [0.15, 0.2) is 11.1 Å². The number of halogens is 1. The van der Waals surface area contributed by atoms with Crippen molar-refractivity contribution in [3.05, 3.63) is 28.2 Å². The standard InChI is InChI=1S/C7H7BrO2S/c1-5-4-6(8)2-3-7(5)11(9)10/h2-4H,1H3,(H,9,10). The topological polar surface area (TPSA) is 37.3 Å². The van der Waals surface area contributed by atoms with Crippen LogP contribution >= 0.6 is 15.9 Å². The molecule has 0 saturated carbocycles. The van der Waals surface area contributed by atoms with Gasteiger partial charge in [0.2, 0.25) is 0 Å². The van der Waals surface area contributed by atoms with Crippen molar-refractivity contribution in [2.24, 2.45) is 0 Å². The van der Waals surface area contributed by atoms with E-state index in [1.165, 1.54) is 0 Å². The summed E-state index contributed by atoms with van der Waals surface area (Å²) in [6.07, 6.45) is 0. The molecule has 0 aliphatic carbocycles. The minimum Gasteiger partial charge on any atom is -0.302 e. The number of aryl methyl sites for hydroxylation is 1. The molecule has 1 rings (SSSR count). The van der Waals surface area contributed by atoms with Gasteiger partial charge in [0, 0.05) is 4.47 Å². The Bertz CT molecular complexity index is 298. The monoisotopic (exact) mass is 234 g/mol. The van der Waals surface area contributed by atoms with Crippen LogP contribution in [-0.2, 0) is 11.1 Å². The molecule has 0 aromatic heterocycles. The summed E-state index contributed by atoms with van der Waals surface area (Å²) >= 11 is 1.40. The molecule has 0 aliphatic heterocycles. The highest BCUT2D eigenvalue weighted by Crippen LogP contribution is 2.17. The molecule has 1 N–H and O–H groups in total. The average molecular weight is 235 g/mol. The smallest absolute Gasteiger partial charge is 0.186 e. The van der Waals surface area contributed by atoms with Crippen LogP contribution in [-0.4, -0.2) is 8.76 Å². The van der Waals surface area contributed by atoms with Crippen molar-refractivity contribution >= 4 is 27.0 Å². The van der Waals surface area contributed by atoms with Crippen LogP contribution in [0.1, 0.15) is 5.56 Å². The van der Waals surface area contributed by atoms with E-state index in [4.69, 9.17) is 4.55 Å². The van der Waals surface area contributed by atoms with Crippen molar-refractivity contribution in [3.63, 3.8) is 0 Å². The number of hydrogen-bond donors (Lipinski definition) is 1. The molecule has 0 fully saturated rings. The van der Waals surface area contributed by atoms with Gasteiger partial charge in [-0.2, -0.15) is 0 Å². The van der Waals surface area contributed by atoms with Crippen molar-refractivity contribution in [3.8, 4) is 0 Å². The summed E-state index contributed by atoms with van der Waals surface area (Å²) in [6.45, 7) is 1.80. The van der Waals surface area contributed by atoms with E-state index >= 15 is 0 Å². The van der Waals surface area contributed by atoms with Gasteiger partial charge in [0.25, 0.3) is 0 Å². The Morgan fingerprint density at radius 1 is 1.55 bits per heavy atom. The lowest BCUT2D eigenvalue weighted by atomic mass is 10.2. The molecule has 0 bridgehead atoms. The quantitative estimate of drug-likeness (QED) is 0.758. The summed E-state index contributed by atoms with van der Waals surface area (Å²) in [4.78, 5) is 0.466. The number of hydrogen-bond acceptors (Lipinski definition) is 1. The molecule has 0 heterocycles. The maximum atomic E-state index is 10.6. The highest BCUT2D eigenvalue weighted by atomic mass is 79.9. The Morgan fingerprint density at radius 2 is 2.18 bits per heavy atom. The van der Waals surface area contributed by atoms with Crippen LogP contribution in [0.3, 0.4) is 0 Å². The lowest BCUT2D eigenvalue weighted by Crippen LogP contribution is -1.91. The molecule has 1 aromatic rings. The van der Waals surface area contributed by atoms with Gasteiger partial charge in [0.1, 0.15) is 0 Å². The zero-order chi connectivity index (χ0) is 8.43. The molecule has 0 saturated heterocycles. The first kappa shape index (κ1) is 8.90. The first-order chi connectivity index (χ1) is 5.11. The van der Waals surface area contributed by atoms with Gasteiger partial charge in [-0.25, -0.2) is 4.21 Å². The van der Waals surface area contributed by atoms with E-state index in [-0.39, 0.29) is 0 Å². The van der Waals surface area contributed by atoms with E-state index in [2.05, 4.69) is 15.9 Å². The first-order valence-electron chi connectivity index (χ1n) is 2.98. The fourth-order valence-electron chi connectivity index (χ4n) is 0.809. The molecule has 0 radical (unpaired) electrons. The second-order valence-corrected chi connectivity index (χ2v) is 4.01. The van der Waals surface area contributed by atoms with Crippen molar-refractivity contribution in [2.45, 2.75) is 11.8 Å². The largest absolute Gasteiger partial charge is 0.302 e. The molecule has 2 nitrogen and oxygen atoms in total. The Labute approximate surface area is 76.0 Å². The van der Waals surface area contributed by atoms with Gasteiger partial charge in [-0.1, -0.05) is 15.9 Å². The van der Waals surface area contributed by atoms with E-state index in [1.807, 2.05) is 6.07 Å². The van der Waals surface area contributed by atoms with E-state index in [9.17, 15) is 4.21 Å². The highest BCUT2D eigenvalue weighted by Gasteiger charge is 2.03. The predicted molar refractivity (Wildman–Crippen MR) is 47.9 cm³/mol. The number of benzene rings is 1. The number of rotatable bonds is 1. The van der Waals surface area contributed by atoms with Gasteiger partial charge in [0.05, 0.1) is 4.90 Å². The maximum Gasteiger partial charge on any atom is 0.186 e. The lowest BCUT2D eigenvalue weighted by Gasteiger charge is -1.99. The SMILES string of the molecule is Cc1cc(Br)ccc1S(=O)O. The average Bonchev–Trinajstić information content (AvgIpc) is 1.85. The second kappa shape index (κ2) is 3.47. The summed E-state index contributed by atoms with van der Waals surface area (Å²) in [5.74, 6) is 0. The minimum absolute atomic E-state index is 0.466. The van der Waals surface area contributed by atoms with Crippen LogP contribution in [0.25, 0.3) is 0 Å². The van der Waals surface area contributed by atoms with Crippen molar-refractivity contribution in [2.75, 3.05) is 0 Å². The van der Waals surface area contributed by atoms with Crippen LogP contribution in [0.15, 0.2) is 27.6 Å². The van der Waals surface area contributed by atoms with Crippen LogP contribution in [0.4, 0.5) is 0 Å². The van der Waals surface area contributed by atoms with E-state index in [0.717, 1.165) is 10.0 Å². The summed E-state index contributed by atoms with van der Waals surface area (Å²) in [5, 5.41) is 0. The highest BCUT2D eigenvalue weighted by molar-refractivity contribution is 9.10. The first-order valence-corrected chi connectivity index (χ1v) is 4.88. The predicted octanol–water partition coefficient (Wildman–Crippen LogP) is 2.34. The summed E-state index contributed by atoms with van der Waals surface area (Å²) in [5.41, 5.74) is 0.820. The van der Waals surface area contributed by atoms with Gasteiger partial charge in [-0.3, -0.25) is 0 Å². The zero-order valence-electron chi connectivity index (χ0n) is 5.87. The molecular weight excluding hydrogens is 228 g/mol. The van der Waals surface area contributed by atoms with Crippen molar-refractivity contribution in [1.82, 2.24) is 0 Å². The van der Waals surface area contributed by atoms with Gasteiger partial charge in [-0.05, 0) is 30.7 Å². The van der Waals surface area contributed by atoms with Crippen LogP contribution in [0.2, 0.25) is 0 Å². The second-order valence-electron chi connectivity index (χ2n) is 2.16. The lowest BCUT2D eigenvalue weighted by molar-refractivity contribution is 0.564. The Morgan fingerprint density at radius 3 is 2.64 bits per heavy atom. The molecule has 11 heavy (non-hydrogen) atoms. The van der Waals surface area contributed by atoms with E-state index in [0.29, 0.717) is 4.90 Å². The maximum absolute atomic E-state index is 10.6. The molecule has 60 valence electrons. The van der Waals surface area contributed by atoms with E-state index < -0.39 is 11.1 Å². The Hall–Kier alpha value is -0.190. The third-order valence-electron chi connectivity index (χ3n) is 1.33. The third kappa shape index (κ3) is 2.12. The molecule has 0 aliphatic rings. The van der Waals surface area contributed by atoms with Gasteiger partial charge in [-0.15, -0.1) is 0 Å². The van der Waals surface area contributed by atoms with Crippen LogP contribution in [0.5, 0.6) is 0 Å². The Balaban J connectivity index is 3.20. The van der Waals surface area contributed by atoms with Gasteiger partial charge < -0.3 is 4.55 Å². The molecule has 4 heteroatoms. The van der Waals surface area contributed by atoms with Gasteiger partial charge >= 0.3 is 0 Å². The molecule has 1 atom stereocenters. The Kier molecular flexibility index (Phi) is 2.81. The summed E-state index contributed by atoms with van der Waals surface area (Å²) in [7, 11) is 0. The van der Waals surface area contributed by atoms with Crippen molar-refractivity contribution < 1.29 is 8.76 Å². The summed E-state index contributed by atoms with van der Waals surface area (Å²) in [6, 6.07) is 5.19. The fourth-order valence-corrected chi connectivity index (χ4v) is 1.80. The van der Waals surface area contributed by atoms with Crippen molar-refractivity contribution in [1.29, 1.82) is 0 Å². The van der Waals surface area contributed by atoms with Crippen LogP contribution < -0.4 is 0 Å². The molecular formula is C7H7BrO2S. The summed E-state index contributed by atoms with van der Waals surface area (Å²) < 4.78 is 20.3. The fraction of sp³-hybridized carbons (Fsp3) is 0.143. The zero-order valence-corrected chi connectivity index (χ0v) is 8.28. The molecule has 0 amide bonds. The molecule has 1 unspecified atom stereocenters. The molecule has 1 aromatic carbocycles. The van der Waals surface area contributed by atoms with Crippen LogP contribution in [0, 0.1) is 6.92 Å². The minimum atomic E-state index is -1.87. The normalized spacial score (nSPS) is 13.0. The molecule has 0 spiro atoms. The third-order valence-corrected chi connectivity index (χ3v) is 2.65.